The summed E-state index contributed by atoms with van der Waals surface area (Å²) in [7, 11) is 0. The molecule has 2 aromatic carbocycles. The number of hydrogen-bond donors (Lipinski definition) is 1. The van der Waals surface area contributed by atoms with Crippen molar-refractivity contribution in [3.63, 3.8) is 0 Å². The lowest BCUT2D eigenvalue weighted by atomic mass is 10.1. The highest BCUT2D eigenvalue weighted by molar-refractivity contribution is 5.94. The molecule has 0 aliphatic carbocycles. The fourth-order valence-corrected chi connectivity index (χ4v) is 4.06. The van der Waals surface area contributed by atoms with Gasteiger partial charge in [0, 0.05) is 24.8 Å². The summed E-state index contributed by atoms with van der Waals surface area (Å²) in [6.45, 7) is 1.96. The van der Waals surface area contributed by atoms with Crippen molar-refractivity contribution < 1.29 is 23.4 Å². The van der Waals surface area contributed by atoms with E-state index in [2.05, 4.69) is 20.3 Å². The summed E-state index contributed by atoms with van der Waals surface area (Å²) in [6, 6.07) is 8.56. The summed E-state index contributed by atoms with van der Waals surface area (Å²) in [4.78, 5) is 21.7. The van der Waals surface area contributed by atoms with Gasteiger partial charge in [0.2, 0.25) is 5.79 Å². The van der Waals surface area contributed by atoms with Gasteiger partial charge in [0.15, 0.2) is 11.6 Å². The molecule has 1 aliphatic rings. The maximum atomic E-state index is 14.4. The van der Waals surface area contributed by atoms with Crippen molar-refractivity contribution in [2.75, 3.05) is 18.0 Å². The molecule has 186 valence electrons. The normalized spacial score (nSPS) is 16.3. The molecule has 4 aromatic rings. The van der Waals surface area contributed by atoms with Gasteiger partial charge in [-0.2, -0.15) is 20.1 Å². The van der Waals surface area contributed by atoms with Crippen LogP contribution in [0, 0.1) is 11.6 Å². The van der Waals surface area contributed by atoms with Crippen LogP contribution in [0.25, 0.3) is 5.69 Å². The van der Waals surface area contributed by atoms with Crippen molar-refractivity contribution in [2.24, 2.45) is 0 Å². The first-order valence-corrected chi connectivity index (χ1v) is 11.1. The first kappa shape index (κ1) is 23.4. The molecule has 2 atom stereocenters. The number of hydrogen-bond acceptors (Lipinski definition) is 7. The lowest BCUT2D eigenvalue weighted by molar-refractivity contribution is -0.186. The predicted octanol–water partition coefficient (Wildman–Crippen LogP) is 2.24. The van der Waals surface area contributed by atoms with E-state index in [1.165, 1.54) is 27.0 Å². The molecule has 1 fully saturated rings. The number of halogens is 2. The quantitative estimate of drug-likeness (QED) is 0.372. The first-order valence-electron chi connectivity index (χ1n) is 11.1. The number of benzene rings is 2. The minimum atomic E-state index is -2.12. The van der Waals surface area contributed by atoms with Gasteiger partial charge in [0.05, 0.1) is 24.1 Å². The van der Waals surface area contributed by atoms with Crippen LogP contribution in [0.1, 0.15) is 6.92 Å². The summed E-state index contributed by atoms with van der Waals surface area (Å²) < 4.78 is 34.8. The van der Waals surface area contributed by atoms with E-state index in [1.807, 2.05) is 0 Å². The van der Waals surface area contributed by atoms with E-state index >= 15 is 0 Å². The molecule has 1 saturated heterocycles. The fraction of sp³-hybridized carbons (Fsp3) is 0.261. The third kappa shape index (κ3) is 4.47. The van der Waals surface area contributed by atoms with Crippen LogP contribution in [0.15, 0.2) is 67.5 Å². The van der Waals surface area contributed by atoms with Crippen LogP contribution >= 0.6 is 0 Å². The number of carbonyl (C=O) groups excluding carboxylic acids is 1. The summed E-state index contributed by atoms with van der Waals surface area (Å²) in [5.74, 6) is -4.25. The van der Waals surface area contributed by atoms with Crippen LogP contribution in [-0.4, -0.2) is 70.7 Å². The summed E-state index contributed by atoms with van der Waals surface area (Å²) in [5.41, 5.74) is 1.38. The maximum absolute atomic E-state index is 14.4. The summed E-state index contributed by atoms with van der Waals surface area (Å²) in [6.07, 6.45) is 5.76. The van der Waals surface area contributed by atoms with Crippen LogP contribution < -0.4 is 9.64 Å². The van der Waals surface area contributed by atoms with Gasteiger partial charge in [-0.15, -0.1) is 0 Å². The number of aliphatic hydroxyl groups is 1. The van der Waals surface area contributed by atoms with Crippen molar-refractivity contribution in [2.45, 2.75) is 25.3 Å². The standard InChI is InChI=1S/C23H22F2N8O3/c1-16(23(35,13-30-15-26-14-29-30)36-21-7-2-17(24)12-20(21)25)31-10-11-32(22(31)34)18-3-5-19(6-4-18)33-27-8-9-28-33/h2-9,12,14-16,35H,10-11,13H2,1H3/t16-,23-/m1/s1. The molecule has 0 bridgehead atoms. The number of amides is 2. The third-order valence-electron chi connectivity index (χ3n) is 6.01. The second-order valence-electron chi connectivity index (χ2n) is 8.25. The molecule has 0 spiro atoms. The highest BCUT2D eigenvalue weighted by Crippen LogP contribution is 2.30. The van der Waals surface area contributed by atoms with Crippen molar-refractivity contribution in [3.8, 4) is 11.4 Å². The van der Waals surface area contributed by atoms with Crippen molar-refractivity contribution >= 4 is 11.7 Å². The van der Waals surface area contributed by atoms with Crippen molar-refractivity contribution in [1.29, 1.82) is 0 Å². The fourth-order valence-electron chi connectivity index (χ4n) is 4.06. The van der Waals surface area contributed by atoms with Crippen LogP contribution in [-0.2, 0) is 6.54 Å². The average molecular weight is 496 g/mol. The number of ether oxygens (including phenoxy) is 1. The summed E-state index contributed by atoms with van der Waals surface area (Å²) in [5, 5.41) is 23.7. The Morgan fingerprint density at radius 2 is 1.78 bits per heavy atom. The Bertz CT molecular complexity index is 1330. The van der Waals surface area contributed by atoms with E-state index in [9.17, 15) is 18.7 Å². The number of aromatic nitrogens is 6. The molecule has 11 nitrogen and oxygen atoms in total. The SMILES string of the molecule is C[C@@H](N1CCN(c2ccc(-n3nccn3)cc2)C1=O)[C@@](O)(Cn1cncn1)Oc1ccc(F)cc1F. The van der Waals surface area contributed by atoms with Gasteiger partial charge in [-0.25, -0.2) is 23.2 Å². The Labute approximate surface area is 204 Å². The minimum Gasteiger partial charge on any atom is -0.455 e. The zero-order valence-electron chi connectivity index (χ0n) is 19.1. The smallest absolute Gasteiger partial charge is 0.325 e. The second-order valence-corrected chi connectivity index (χ2v) is 8.25. The highest BCUT2D eigenvalue weighted by Gasteiger charge is 2.46. The zero-order valence-corrected chi connectivity index (χ0v) is 19.1. The molecule has 5 rings (SSSR count). The van der Waals surface area contributed by atoms with Gasteiger partial charge in [-0.1, -0.05) is 0 Å². The molecule has 1 aliphatic heterocycles. The molecule has 0 radical (unpaired) electrons. The molecular weight excluding hydrogens is 474 g/mol. The molecular formula is C23H22F2N8O3. The predicted molar refractivity (Wildman–Crippen MR) is 122 cm³/mol. The highest BCUT2D eigenvalue weighted by atomic mass is 19.1. The van der Waals surface area contributed by atoms with Gasteiger partial charge in [-0.3, -0.25) is 4.90 Å². The van der Waals surface area contributed by atoms with E-state index < -0.39 is 23.5 Å². The van der Waals surface area contributed by atoms with Crippen LogP contribution in [0.5, 0.6) is 5.75 Å². The van der Waals surface area contributed by atoms with Crippen LogP contribution in [0.4, 0.5) is 19.3 Å². The molecule has 36 heavy (non-hydrogen) atoms. The third-order valence-corrected chi connectivity index (χ3v) is 6.01. The van der Waals surface area contributed by atoms with E-state index in [4.69, 9.17) is 4.74 Å². The Morgan fingerprint density at radius 1 is 1.06 bits per heavy atom. The Morgan fingerprint density at radius 3 is 2.44 bits per heavy atom. The van der Waals surface area contributed by atoms with Crippen LogP contribution in [0.3, 0.4) is 0 Å². The van der Waals surface area contributed by atoms with Gasteiger partial charge in [0.25, 0.3) is 0 Å². The topological polar surface area (TPSA) is 114 Å². The molecule has 13 heteroatoms. The molecule has 2 aromatic heterocycles. The van der Waals surface area contributed by atoms with E-state index in [0.29, 0.717) is 18.3 Å². The van der Waals surface area contributed by atoms with E-state index in [0.717, 1.165) is 17.8 Å². The average Bonchev–Trinajstić information content (AvgIpc) is 3.64. The number of urea groups is 1. The lowest BCUT2D eigenvalue weighted by Gasteiger charge is -2.38. The van der Waals surface area contributed by atoms with Gasteiger partial charge < -0.3 is 14.7 Å². The van der Waals surface area contributed by atoms with E-state index in [1.54, 1.807) is 48.5 Å². The second kappa shape index (κ2) is 9.34. The Kier molecular flexibility index (Phi) is 6.06. The Hall–Kier alpha value is -4.39. The Balaban J connectivity index is 1.38. The van der Waals surface area contributed by atoms with Gasteiger partial charge in [-0.05, 0) is 43.3 Å². The van der Waals surface area contributed by atoms with Crippen LogP contribution in [0.2, 0.25) is 0 Å². The molecule has 3 heterocycles. The zero-order chi connectivity index (χ0) is 25.3. The monoisotopic (exact) mass is 496 g/mol. The largest absolute Gasteiger partial charge is 0.455 e. The first-order chi connectivity index (χ1) is 17.3. The number of rotatable bonds is 8. The van der Waals surface area contributed by atoms with Gasteiger partial charge in [0.1, 0.15) is 25.0 Å². The minimum absolute atomic E-state index is 0.264. The lowest BCUT2D eigenvalue weighted by Crippen LogP contribution is -2.58. The summed E-state index contributed by atoms with van der Waals surface area (Å²) >= 11 is 0. The molecule has 2 amide bonds. The number of anilines is 1. The van der Waals surface area contributed by atoms with E-state index in [-0.39, 0.29) is 24.9 Å². The van der Waals surface area contributed by atoms with Crippen molar-refractivity contribution in [3.05, 3.63) is 79.1 Å². The number of carbonyl (C=O) groups is 1. The maximum Gasteiger partial charge on any atom is 0.325 e. The molecule has 1 N–H and O–H groups in total. The number of nitrogens with zero attached hydrogens (tertiary/aromatic N) is 8. The molecule has 0 unspecified atom stereocenters. The van der Waals surface area contributed by atoms with Crippen molar-refractivity contribution in [1.82, 2.24) is 34.7 Å². The molecule has 0 saturated carbocycles. The van der Waals surface area contributed by atoms with Gasteiger partial charge >= 0.3 is 6.03 Å².